The van der Waals surface area contributed by atoms with Gasteiger partial charge in [-0.2, -0.15) is 0 Å². The zero-order valence-corrected chi connectivity index (χ0v) is 12.3. The van der Waals surface area contributed by atoms with Gasteiger partial charge in [-0.1, -0.05) is 29.5 Å². The minimum Gasteiger partial charge on any atom is -0.382 e. The summed E-state index contributed by atoms with van der Waals surface area (Å²) in [4.78, 5) is 19.4. The van der Waals surface area contributed by atoms with Gasteiger partial charge in [-0.15, -0.1) is 0 Å². The fourth-order valence-electron chi connectivity index (χ4n) is 2.62. The molecule has 2 heterocycles. The number of benzene rings is 1. The topological polar surface area (TPSA) is 71.2 Å². The molecule has 0 unspecified atom stereocenters. The van der Waals surface area contributed by atoms with Crippen LogP contribution in [0.1, 0.15) is 28.1 Å². The van der Waals surface area contributed by atoms with Crippen LogP contribution < -0.4 is 16.0 Å². The molecular formula is C15H16N4OS. The van der Waals surface area contributed by atoms with Crippen molar-refractivity contribution in [2.24, 2.45) is 0 Å². The third-order valence-corrected chi connectivity index (χ3v) is 4.88. The lowest BCUT2D eigenvalue weighted by Crippen LogP contribution is -2.28. The number of fused-ring (bicyclic) bond motifs is 1. The third kappa shape index (κ3) is 2.25. The number of carbonyl (C=O) groups is 1. The number of amides is 1. The lowest BCUT2D eigenvalue weighted by atomic mass is 10.2. The molecule has 0 radical (unpaired) electrons. The number of hydrogen-bond donors (Lipinski definition) is 2. The van der Waals surface area contributed by atoms with Gasteiger partial charge in [-0.25, -0.2) is 4.98 Å². The maximum Gasteiger partial charge on any atom is 0.272 e. The molecule has 2 aromatic rings. The molecule has 21 heavy (non-hydrogen) atoms. The van der Waals surface area contributed by atoms with E-state index in [1.54, 1.807) is 4.90 Å². The Morgan fingerprint density at radius 1 is 1.38 bits per heavy atom. The number of thiazole rings is 1. The predicted molar refractivity (Wildman–Crippen MR) is 85.0 cm³/mol. The zero-order chi connectivity index (χ0) is 14.4. The van der Waals surface area contributed by atoms with Crippen molar-refractivity contribution < 1.29 is 4.79 Å². The van der Waals surface area contributed by atoms with E-state index >= 15 is 0 Å². The summed E-state index contributed by atoms with van der Waals surface area (Å²) in [7, 11) is 0. The smallest absolute Gasteiger partial charge is 0.272 e. The van der Waals surface area contributed by atoms with Crippen LogP contribution >= 0.6 is 11.3 Å². The first-order valence-electron chi connectivity index (χ1n) is 7.15. The normalized spacial score (nSPS) is 16.9. The highest BCUT2D eigenvalue weighted by atomic mass is 32.1. The molecule has 1 aliphatic heterocycles. The second-order valence-corrected chi connectivity index (χ2v) is 6.49. The Kier molecular flexibility index (Phi) is 2.85. The van der Waals surface area contributed by atoms with Crippen LogP contribution in [0.3, 0.4) is 0 Å². The standard InChI is InChI=1S/C15H16N4OS/c16-13-12(21-15(18-13)17-10-5-6-10)14(20)19-8-7-9-3-1-2-4-11(9)19/h1-4,10H,5-8,16H2,(H,17,18). The van der Waals surface area contributed by atoms with E-state index in [1.807, 2.05) is 18.2 Å². The van der Waals surface area contributed by atoms with Crippen LogP contribution in [0.15, 0.2) is 24.3 Å². The lowest BCUT2D eigenvalue weighted by molar-refractivity contribution is 0.0994. The van der Waals surface area contributed by atoms with Crippen LogP contribution in [0.2, 0.25) is 0 Å². The Hall–Kier alpha value is -2.08. The largest absolute Gasteiger partial charge is 0.382 e. The fourth-order valence-corrected chi connectivity index (χ4v) is 3.53. The number of nitrogens with two attached hydrogens (primary N) is 1. The van der Waals surface area contributed by atoms with Crippen LogP contribution in [0.25, 0.3) is 0 Å². The molecule has 0 saturated heterocycles. The van der Waals surface area contributed by atoms with Crippen molar-refractivity contribution in [2.75, 3.05) is 22.5 Å². The summed E-state index contributed by atoms with van der Waals surface area (Å²) in [6.07, 6.45) is 3.23. The minimum atomic E-state index is -0.0428. The van der Waals surface area contributed by atoms with Crippen molar-refractivity contribution >= 4 is 33.9 Å². The van der Waals surface area contributed by atoms with E-state index in [-0.39, 0.29) is 5.91 Å². The van der Waals surface area contributed by atoms with E-state index in [2.05, 4.69) is 16.4 Å². The second kappa shape index (κ2) is 4.73. The van der Waals surface area contributed by atoms with Gasteiger partial charge < -0.3 is 16.0 Å². The first kappa shape index (κ1) is 12.6. The van der Waals surface area contributed by atoms with E-state index in [4.69, 9.17) is 5.73 Å². The predicted octanol–water partition coefficient (Wildman–Crippen LogP) is 2.50. The fraction of sp³-hybridized carbons (Fsp3) is 0.333. The molecule has 1 aromatic carbocycles. The molecule has 4 rings (SSSR count). The Labute approximate surface area is 126 Å². The van der Waals surface area contributed by atoms with Crippen molar-refractivity contribution in [2.45, 2.75) is 25.3 Å². The molecule has 1 fully saturated rings. The summed E-state index contributed by atoms with van der Waals surface area (Å²) in [5.41, 5.74) is 8.14. The van der Waals surface area contributed by atoms with Gasteiger partial charge in [-0.3, -0.25) is 4.79 Å². The Morgan fingerprint density at radius 3 is 3.00 bits per heavy atom. The van der Waals surface area contributed by atoms with Crippen LogP contribution in [-0.4, -0.2) is 23.5 Å². The summed E-state index contributed by atoms with van der Waals surface area (Å²) in [5.74, 6) is 0.288. The SMILES string of the molecule is Nc1nc(NC2CC2)sc1C(=O)N1CCc2ccccc21. The van der Waals surface area contributed by atoms with E-state index in [9.17, 15) is 4.79 Å². The highest BCUT2D eigenvalue weighted by Gasteiger charge is 2.29. The van der Waals surface area contributed by atoms with Gasteiger partial charge in [0.25, 0.3) is 5.91 Å². The Balaban J connectivity index is 1.61. The van der Waals surface area contributed by atoms with Gasteiger partial charge >= 0.3 is 0 Å². The van der Waals surface area contributed by atoms with Crippen LogP contribution in [0.5, 0.6) is 0 Å². The first-order valence-corrected chi connectivity index (χ1v) is 7.96. The molecule has 3 N–H and O–H groups in total. The van der Waals surface area contributed by atoms with E-state index in [1.165, 1.54) is 29.7 Å². The van der Waals surface area contributed by atoms with E-state index in [0.29, 0.717) is 23.3 Å². The number of para-hydroxylation sites is 1. The number of hydrogen-bond acceptors (Lipinski definition) is 5. The quantitative estimate of drug-likeness (QED) is 0.913. The number of anilines is 3. The van der Waals surface area contributed by atoms with Crippen molar-refractivity contribution in [3.8, 4) is 0 Å². The van der Waals surface area contributed by atoms with Crippen LogP contribution in [0.4, 0.5) is 16.6 Å². The molecule has 1 amide bonds. The third-order valence-electron chi connectivity index (χ3n) is 3.88. The summed E-state index contributed by atoms with van der Waals surface area (Å²) in [6, 6.07) is 8.53. The number of nitrogens with one attached hydrogen (secondary N) is 1. The van der Waals surface area contributed by atoms with Gasteiger partial charge in [0, 0.05) is 18.3 Å². The number of nitrogen functional groups attached to an aromatic ring is 1. The van der Waals surface area contributed by atoms with Crippen LogP contribution in [-0.2, 0) is 6.42 Å². The Bertz CT molecular complexity index is 707. The van der Waals surface area contributed by atoms with Gasteiger partial charge in [0.15, 0.2) is 5.13 Å². The summed E-state index contributed by atoms with van der Waals surface area (Å²) in [6.45, 7) is 0.709. The number of aromatic nitrogens is 1. The van der Waals surface area contributed by atoms with Crippen molar-refractivity contribution in [3.05, 3.63) is 34.7 Å². The van der Waals surface area contributed by atoms with Crippen molar-refractivity contribution in [3.63, 3.8) is 0 Å². The van der Waals surface area contributed by atoms with Gasteiger partial charge in [0.2, 0.25) is 0 Å². The average Bonchev–Trinajstić information content (AvgIpc) is 3.07. The van der Waals surface area contributed by atoms with Gasteiger partial charge in [0.05, 0.1) is 0 Å². The maximum atomic E-state index is 12.7. The molecule has 5 nitrogen and oxygen atoms in total. The molecule has 2 aliphatic rings. The lowest BCUT2D eigenvalue weighted by Gasteiger charge is -2.16. The highest BCUT2D eigenvalue weighted by molar-refractivity contribution is 7.18. The molecular weight excluding hydrogens is 284 g/mol. The average molecular weight is 300 g/mol. The monoisotopic (exact) mass is 300 g/mol. The van der Waals surface area contributed by atoms with Crippen molar-refractivity contribution in [1.29, 1.82) is 0 Å². The zero-order valence-electron chi connectivity index (χ0n) is 11.5. The molecule has 1 saturated carbocycles. The number of carbonyl (C=O) groups excluding carboxylic acids is 1. The van der Waals surface area contributed by atoms with Gasteiger partial charge in [0.1, 0.15) is 10.7 Å². The second-order valence-electron chi connectivity index (χ2n) is 5.49. The minimum absolute atomic E-state index is 0.0428. The maximum absolute atomic E-state index is 12.7. The number of rotatable bonds is 3. The molecule has 0 spiro atoms. The highest BCUT2D eigenvalue weighted by Crippen LogP contribution is 2.34. The summed E-state index contributed by atoms with van der Waals surface area (Å²) in [5, 5.41) is 4.05. The van der Waals surface area contributed by atoms with Gasteiger partial charge in [-0.05, 0) is 30.9 Å². The van der Waals surface area contributed by atoms with Crippen molar-refractivity contribution in [1.82, 2.24) is 4.98 Å². The molecule has 0 atom stereocenters. The summed E-state index contributed by atoms with van der Waals surface area (Å²) >= 11 is 1.36. The number of nitrogens with zero attached hydrogens (tertiary/aromatic N) is 2. The van der Waals surface area contributed by atoms with Crippen LogP contribution in [0, 0.1) is 0 Å². The van der Waals surface area contributed by atoms with E-state index in [0.717, 1.165) is 17.2 Å². The van der Waals surface area contributed by atoms with E-state index < -0.39 is 0 Å². The molecule has 1 aliphatic carbocycles. The molecule has 108 valence electrons. The molecule has 1 aromatic heterocycles. The Morgan fingerprint density at radius 2 is 2.19 bits per heavy atom. The molecule has 0 bridgehead atoms. The first-order chi connectivity index (χ1) is 10.2. The molecule has 6 heteroatoms. The summed E-state index contributed by atoms with van der Waals surface area (Å²) < 4.78 is 0.